The first kappa shape index (κ1) is 15.4. The van der Waals surface area contributed by atoms with Gasteiger partial charge in [0.1, 0.15) is 5.82 Å². The summed E-state index contributed by atoms with van der Waals surface area (Å²) >= 11 is 0. The van der Waals surface area contributed by atoms with Crippen LogP contribution in [-0.4, -0.2) is 22.2 Å². The summed E-state index contributed by atoms with van der Waals surface area (Å²) in [5.41, 5.74) is 1.15. The van der Waals surface area contributed by atoms with Gasteiger partial charge in [0, 0.05) is 0 Å². The van der Waals surface area contributed by atoms with Crippen LogP contribution in [0.4, 0.5) is 4.39 Å². The van der Waals surface area contributed by atoms with E-state index in [-0.39, 0.29) is 5.56 Å². The summed E-state index contributed by atoms with van der Waals surface area (Å²) in [5.74, 6) is -2.50. The second-order valence-corrected chi connectivity index (χ2v) is 3.94. The van der Waals surface area contributed by atoms with Crippen molar-refractivity contribution in [3.8, 4) is 0 Å². The summed E-state index contributed by atoms with van der Waals surface area (Å²) in [5, 5.41) is 16.9. The molecule has 0 saturated heterocycles. The van der Waals surface area contributed by atoms with Gasteiger partial charge < -0.3 is 10.2 Å². The molecule has 0 aliphatic rings. The van der Waals surface area contributed by atoms with Gasteiger partial charge in [-0.3, -0.25) is 0 Å². The van der Waals surface area contributed by atoms with Crippen molar-refractivity contribution in [2.75, 3.05) is 0 Å². The summed E-state index contributed by atoms with van der Waals surface area (Å²) in [6.45, 7) is 1.78. The molecule has 104 valence electrons. The second-order valence-electron chi connectivity index (χ2n) is 3.94. The molecule has 0 bridgehead atoms. The average Bonchev–Trinajstić information content (AvgIpc) is 2.39. The maximum absolute atomic E-state index is 12.3. The Bertz CT molecular complexity index is 623. The van der Waals surface area contributed by atoms with E-state index < -0.39 is 17.8 Å². The third kappa shape index (κ3) is 4.53. The number of rotatable bonds is 2. The fourth-order valence-electron chi connectivity index (χ4n) is 1.43. The van der Waals surface area contributed by atoms with Crippen LogP contribution in [0, 0.1) is 12.7 Å². The molecule has 0 heterocycles. The minimum absolute atomic E-state index is 0.0278. The van der Waals surface area contributed by atoms with E-state index in [2.05, 4.69) is 0 Å². The van der Waals surface area contributed by atoms with Crippen molar-refractivity contribution in [1.29, 1.82) is 0 Å². The number of carboxylic acids is 2. The predicted molar refractivity (Wildman–Crippen MR) is 71.5 cm³/mol. The van der Waals surface area contributed by atoms with E-state index in [1.165, 1.54) is 18.2 Å². The number of hydrogen-bond donors (Lipinski definition) is 2. The van der Waals surface area contributed by atoms with Gasteiger partial charge in [0.15, 0.2) is 0 Å². The quantitative estimate of drug-likeness (QED) is 0.883. The average molecular weight is 276 g/mol. The Hall–Kier alpha value is -2.69. The molecule has 0 amide bonds. The lowest BCUT2D eigenvalue weighted by Gasteiger charge is -1.96. The maximum Gasteiger partial charge on any atom is 0.335 e. The third-order valence-electron chi connectivity index (χ3n) is 2.45. The van der Waals surface area contributed by atoms with E-state index in [9.17, 15) is 14.0 Å². The Balaban J connectivity index is 0.000000200. The van der Waals surface area contributed by atoms with E-state index in [1.54, 1.807) is 25.1 Å². The van der Waals surface area contributed by atoms with Crippen molar-refractivity contribution in [2.45, 2.75) is 6.92 Å². The molecule has 2 aromatic rings. The van der Waals surface area contributed by atoms with Gasteiger partial charge in [0.25, 0.3) is 0 Å². The van der Waals surface area contributed by atoms with E-state index in [4.69, 9.17) is 10.2 Å². The first-order chi connectivity index (χ1) is 9.41. The smallest absolute Gasteiger partial charge is 0.335 e. The molecule has 0 saturated carbocycles. The second kappa shape index (κ2) is 7.04. The Morgan fingerprint density at radius 2 is 1.60 bits per heavy atom. The molecule has 2 rings (SSSR count). The zero-order chi connectivity index (χ0) is 15.1. The standard InChI is InChI=1S/C8H8O2.C7H5FO2/c1-6-4-2-3-5-7(6)8(9)10;8-6-3-1-2-5(4-6)7(9)10/h2-5H,1H3,(H,9,10);1-4H,(H,9,10). The Morgan fingerprint density at radius 1 is 0.950 bits per heavy atom. The first-order valence-electron chi connectivity index (χ1n) is 5.69. The van der Waals surface area contributed by atoms with Gasteiger partial charge >= 0.3 is 11.9 Å². The number of carbonyl (C=O) groups is 2. The molecule has 0 radical (unpaired) electrons. The Labute approximate surface area is 115 Å². The summed E-state index contributed by atoms with van der Waals surface area (Å²) < 4.78 is 12.3. The molecule has 0 spiro atoms. The van der Waals surface area contributed by atoms with Crippen LogP contribution in [0.25, 0.3) is 0 Å². The highest BCUT2D eigenvalue weighted by atomic mass is 19.1. The largest absolute Gasteiger partial charge is 0.478 e. The van der Waals surface area contributed by atoms with Crippen molar-refractivity contribution in [3.05, 3.63) is 71.0 Å². The number of halogens is 1. The van der Waals surface area contributed by atoms with E-state index >= 15 is 0 Å². The van der Waals surface area contributed by atoms with Crippen molar-refractivity contribution in [2.24, 2.45) is 0 Å². The zero-order valence-electron chi connectivity index (χ0n) is 10.7. The number of benzene rings is 2. The number of hydrogen-bond acceptors (Lipinski definition) is 2. The van der Waals surface area contributed by atoms with Crippen LogP contribution in [0.1, 0.15) is 26.3 Å². The van der Waals surface area contributed by atoms with Crippen molar-refractivity contribution in [3.63, 3.8) is 0 Å². The molecule has 2 N–H and O–H groups in total. The first-order valence-corrected chi connectivity index (χ1v) is 5.69. The maximum atomic E-state index is 12.3. The lowest BCUT2D eigenvalue weighted by molar-refractivity contribution is 0.0685. The molecule has 2 aromatic carbocycles. The highest BCUT2D eigenvalue weighted by Gasteiger charge is 2.03. The highest BCUT2D eigenvalue weighted by molar-refractivity contribution is 5.89. The zero-order valence-corrected chi connectivity index (χ0v) is 10.7. The van der Waals surface area contributed by atoms with Crippen LogP contribution in [0.15, 0.2) is 48.5 Å². The van der Waals surface area contributed by atoms with Crippen LogP contribution in [0.2, 0.25) is 0 Å². The summed E-state index contributed by atoms with van der Waals surface area (Å²) in [4.78, 5) is 20.6. The number of carboxylic acid groups (broad SMARTS) is 2. The summed E-state index contributed by atoms with van der Waals surface area (Å²) in [6, 6.07) is 11.8. The highest BCUT2D eigenvalue weighted by Crippen LogP contribution is 2.05. The molecule has 0 aliphatic carbocycles. The lowest BCUT2D eigenvalue weighted by Crippen LogP contribution is -1.97. The molecule has 5 heteroatoms. The van der Waals surface area contributed by atoms with Crippen LogP contribution < -0.4 is 0 Å². The molecule has 4 nitrogen and oxygen atoms in total. The van der Waals surface area contributed by atoms with Crippen LogP contribution >= 0.6 is 0 Å². The molecule has 0 unspecified atom stereocenters. The molecule has 0 aliphatic heterocycles. The predicted octanol–water partition coefficient (Wildman–Crippen LogP) is 3.22. The minimum Gasteiger partial charge on any atom is -0.478 e. The molecular weight excluding hydrogens is 263 g/mol. The number of aryl methyl sites for hydroxylation is 1. The fourth-order valence-corrected chi connectivity index (χ4v) is 1.43. The van der Waals surface area contributed by atoms with Crippen LogP contribution in [-0.2, 0) is 0 Å². The van der Waals surface area contributed by atoms with Crippen LogP contribution in [0.3, 0.4) is 0 Å². The van der Waals surface area contributed by atoms with Gasteiger partial charge in [-0.2, -0.15) is 0 Å². The van der Waals surface area contributed by atoms with Crippen LogP contribution in [0.5, 0.6) is 0 Å². The van der Waals surface area contributed by atoms with E-state index in [0.29, 0.717) is 5.56 Å². The topological polar surface area (TPSA) is 74.6 Å². The van der Waals surface area contributed by atoms with Gasteiger partial charge in [0.05, 0.1) is 11.1 Å². The van der Waals surface area contributed by atoms with Gasteiger partial charge in [-0.1, -0.05) is 24.3 Å². The Morgan fingerprint density at radius 3 is 2.00 bits per heavy atom. The normalized spacial score (nSPS) is 9.30. The SMILES string of the molecule is Cc1ccccc1C(=O)O.O=C(O)c1cccc(F)c1. The molecular formula is C15H13FO4. The van der Waals surface area contributed by atoms with Gasteiger partial charge in [-0.25, -0.2) is 14.0 Å². The monoisotopic (exact) mass is 276 g/mol. The third-order valence-corrected chi connectivity index (χ3v) is 2.45. The van der Waals surface area contributed by atoms with Crippen molar-refractivity contribution >= 4 is 11.9 Å². The van der Waals surface area contributed by atoms with Gasteiger partial charge in [0.2, 0.25) is 0 Å². The lowest BCUT2D eigenvalue weighted by atomic mass is 10.1. The minimum atomic E-state index is -1.11. The summed E-state index contributed by atoms with van der Waals surface area (Å²) in [6.07, 6.45) is 0. The Kier molecular flexibility index (Phi) is 5.41. The molecule has 20 heavy (non-hydrogen) atoms. The number of aromatic carboxylic acids is 2. The van der Waals surface area contributed by atoms with Gasteiger partial charge in [-0.05, 0) is 36.8 Å². The van der Waals surface area contributed by atoms with E-state index in [0.717, 1.165) is 11.6 Å². The van der Waals surface area contributed by atoms with E-state index in [1.807, 2.05) is 6.07 Å². The molecule has 0 aromatic heterocycles. The fraction of sp³-hybridized carbons (Fsp3) is 0.0667. The van der Waals surface area contributed by atoms with Gasteiger partial charge in [-0.15, -0.1) is 0 Å². The summed E-state index contributed by atoms with van der Waals surface area (Å²) in [7, 11) is 0. The van der Waals surface area contributed by atoms with Crippen molar-refractivity contribution in [1.82, 2.24) is 0 Å². The molecule has 0 atom stereocenters. The molecule has 0 fully saturated rings. The van der Waals surface area contributed by atoms with Crippen molar-refractivity contribution < 1.29 is 24.2 Å².